The van der Waals surface area contributed by atoms with Crippen LogP contribution in [0, 0.1) is 31.5 Å². The largest absolute Gasteiger partial charge is 0.299 e. The number of hydrogen-bond donors (Lipinski definition) is 0. The second-order valence-electron chi connectivity index (χ2n) is 13.0. The van der Waals surface area contributed by atoms with Gasteiger partial charge in [0.05, 0.1) is 20.3 Å². The molecule has 6 rings (SSSR count). The van der Waals surface area contributed by atoms with Crippen molar-refractivity contribution < 1.29 is 26.0 Å². The Labute approximate surface area is 271 Å². The van der Waals surface area contributed by atoms with Gasteiger partial charge in [-0.3, -0.25) is 4.79 Å². The van der Waals surface area contributed by atoms with Crippen LogP contribution in [0.3, 0.4) is 0 Å². The first-order chi connectivity index (χ1) is 21.9. The molecule has 4 aromatic rings. The fourth-order valence-corrected chi connectivity index (χ4v) is 12.0. The Hall–Kier alpha value is -3.62. The van der Waals surface area contributed by atoms with Gasteiger partial charge in [0, 0.05) is 24.2 Å². The van der Waals surface area contributed by atoms with E-state index in [0.29, 0.717) is 0 Å². The first kappa shape index (κ1) is 32.3. The van der Waals surface area contributed by atoms with E-state index in [4.69, 9.17) is 0 Å². The van der Waals surface area contributed by atoms with Crippen LogP contribution in [-0.4, -0.2) is 33.1 Å². The van der Waals surface area contributed by atoms with Crippen LogP contribution in [0.2, 0.25) is 0 Å². The van der Waals surface area contributed by atoms with Crippen molar-refractivity contribution in [1.82, 2.24) is 0 Å². The molecule has 0 amide bonds. The summed E-state index contributed by atoms with van der Waals surface area (Å²) in [4.78, 5) is 14.4. The molecule has 0 bridgehead atoms. The predicted octanol–water partition coefficient (Wildman–Crippen LogP) is 7.56. The molecular formula is C38H39FO5S2. The van der Waals surface area contributed by atoms with Crippen LogP contribution in [0.1, 0.15) is 65.8 Å². The fourth-order valence-electron chi connectivity index (χ4n) is 7.71. The third kappa shape index (κ3) is 5.86. The molecule has 0 spiro atoms. The van der Waals surface area contributed by atoms with Gasteiger partial charge in [-0.15, -0.1) is 0 Å². The molecule has 2 saturated carbocycles. The van der Waals surface area contributed by atoms with Crippen molar-refractivity contribution in [3.63, 3.8) is 0 Å². The molecule has 2 aliphatic rings. The monoisotopic (exact) mass is 658 g/mol. The molecule has 0 saturated heterocycles. The summed E-state index contributed by atoms with van der Waals surface area (Å²) in [6, 6.07) is 27.3. The highest BCUT2D eigenvalue weighted by molar-refractivity contribution is 7.92. The average Bonchev–Trinajstić information content (AvgIpc) is 3.04. The van der Waals surface area contributed by atoms with E-state index in [1.807, 2.05) is 45.0 Å². The lowest BCUT2D eigenvalue weighted by atomic mass is 9.61. The molecule has 8 heteroatoms. The number of hydrogen-bond acceptors (Lipinski definition) is 5. The molecule has 46 heavy (non-hydrogen) atoms. The van der Waals surface area contributed by atoms with Crippen molar-refractivity contribution in [2.24, 2.45) is 11.8 Å². The zero-order chi connectivity index (χ0) is 32.8. The first-order valence-corrected chi connectivity index (χ1v) is 19.0. The normalized spacial score (nSPS) is 25.2. The fraction of sp³-hybridized carbons (Fsp3) is 0.342. The Balaban J connectivity index is 1.52. The Kier molecular flexibility index (Phi) is 8.81. The van der Waals surface area contributed by atoms with Gasteiger partial charge in [-0.2, -0.15) is 0 Å². The molecule has 240 valence electrons. The number of aryl methyl sites for hydroxylation is 3. The number of carbonyl (C=O) groups excluding carboxylic acids is 1. The summed E-state index contributed by atoms with van der Waals surface area (Å²) in [5.41, 5.74) is 3.93. The van der Waals surface area contributed by atoms with Crippen LogP contribution < -0.4 is 0 Å². The third-order valence-electron chi connectivity index (χ3n) is 10.2. The van der Waals surface area contributed by atoms with Crippen LogP contribution in [0.15, 0.2) is 107 Å². The molecule has 6 atom stereocenters. The van der Waals surface area contributed by atoms with Crippen molar-refractivity contribution in [3.8, 4) is 0 Å². The minimum atomic E-state index is -4.08. The number of ketones is 1. The lowest BCUT2D eigenvalue weighted by Gasteiger charge is -2.48. The summed E-state index contributed by atoms with van der Waals surface area (Å²) in [5.74, 6) is -3.75. The van der Waals surface area contributed by atoms with Crippen LogP contribution >= 0.6 is 0 Å². The van der Waals surface area contributed by atoms with Gasteiger partial charge in [-0.1, -0.05) is 84.8 Å². The van der Waals surface area contributed by atoms with Gasteiger partial charge in [-0.25, -0.2) is 21.2 Å². The molecular weight excluding hydrogens is 620 g/mol. The van der Waals surface area contributed by atoms with Crippen molar-refractivity contribution in [2.75, 3.05) is 0 Å². The highest BCUT2D eigenvalue weighted by Crippen LogP contribution is 2.54. The number of fused-ring (bicyclic) bond motifs is 1. The molecule has 0 aromatic heterocycles. The Morgan fingerprint density at radius 2 is 1.24 bits per heavy atom. The Morgan fingerprint density at radius 1 is 0.674 bits per heavy atom. The number of benzene rings is 4. The second kappa shape index (κ2) is 12.5. The van der Waals surface area contributed by atoms with Gasteiger partial charge in [0.1, 0.15) is 11.6 Å². The van der Waals surface area contributed by atoms with E-state index in [2.05, 4.69) is 0 Å². The zero-order valence-corrected chi connectivity index (χ0v) is 27.9. The number of Topliss-reactive ketones (excluding diaryl/α,β-unsaturated/α-hetero) is 1. The summed E-state index contributed by atoms with van der Waals surface area (Å²) in [7, 11) is -7.99. The summed E-state index contributed by atoms with van der Waals surface area (Å²) >= 11 is 0. The highest BCUT2D eigenvalue weighted by Gasteiger charge is 2.56. The SMILES string of the molecule is CCc1ccc([C@@H]2C[C@@H]3C(S(=O)(=O)c4ccc(C)cc4)[C@H](c4ccccc4F)CC(=O)[C@@H]3CC2S(=O)(=O)c2ccc(C)cc2)cc1. The summed E-state index contributed by atoms with van der Waals surface area (Å²) in [6.07, 6.45) is 0.809. The minimum absolute atomic E-state index is 0.00379. The van der Waals surface area contributed by atoms with Crippen LogP contribution in [0.25, 0.3) is 0 Å². The topological polar surface area (TPSA) is 85.3 Å². The second-order valence-corrected chi connectivity index (χ2v) is 17.2. The van der Waals surface area contributed by atoms with Crippen LogP contribution in [-0.2, 0) is 30.9 Å². The molecule has 0 radical (unpaired) electrons. The van der Waals surface area contributed by atoms with Crippen LogP contribution in [0.4, 0.5) is 4.39 Å². The Bertz CT molecular complexity index is 1950. The van der Waals surface area contributed by atoms with Gasteiger partial charge in [-0.05, 0) is 86.1 Å². The Morgan fingerprint density at radius 3 is 1.80 bits per heavy atom. The van der Waals surface area contributed by atoms with E-state index in [-0.39, 0.29) is 40.4 Å². The van der Waals surface area contributed by atoms with Gasteiger partial charge in [0.25, 0.3) is 0 Å². The maximum atomic E-state index is 15.4. The standard InChI is InChI=1S/C38H39FO5S2/c1-4-26-13-15-27(16-14-26)31-21-33-32(23-37(31)45(41,42)28-17-9-24(2)10-18-28)36(40)22-34(30-7-5-6-8-35(30)39)38(33)46(43,44)29-19-11-25(3)12-20-29/h5-20,31-34,37-38H,4,21-23H2,1-3H3/t31-,32+,33-,34-,37?,38?/m0/s1. The number of carbonyl (C=O) groups is 1. The molecule has 0 heterocycles. The quantitative estimate of drug-likeness (QED) is 0.205. The molecule has 2 unspecified atom stereocenters. The third-order valence-corrected chi connectivity index (χ3v) is 14.8. The molecule has 4 aromatic carbocycles. The summed E-state index contributed by atoms with van der Waals surface area (Å²) in [6.45, 7) is 5.81. The summed E-state index contributed by atoms with van der Waals surface area (Å²) in [5, 5.41) is -2.05. The first-order valence-electron chi connectivity index (χ1n) is 15.9. The molecule has 0 N–H and O–H groups in total. The maximum absolute atomic E-state index is 15.4. The minimum Gasteiger partial charge on any atom is -0.299 e. The van der Waals surface area contributed by atoms with E-state index >= 15 is 4.39 Å². The maximum Gasteiger partial charge on any atom is 0.182 e. The smallest absolute Gasteiger partial charge is 0.182 e. The number of rotatable bonds is 7. The van der Waals surface area contributed by atoms with Gasteiger partial charge >= 0.3 is 0 Å². The van der Waals surface area contributed by atoms with Crippen molar-refractivity contribution >= 4 is 25.5 Å². The average molecular weight is 659 g/mol. The van der Waals surface area contributed by atoms with Gasteiger partial charge in [0.2, 0.25) is 0 Å². The van der Waals surface area contributed by atoms with E-state index in [9.17, 15) is 21.6 Å². The highest BCUT2D eigenvalue weighted by atomic mass is 32.2. The zero-order valence-electron chi connectivity index (χ0n) is 26.3. The van der Waals surface area contributed by atoms with E-state index in [1.165, 1.54) is 6.07 Å². The van der Waals surface area contributed by atoms with Gasteiger partial charge in [0.15, 0.2) is 19.7 Å². The lowest BCUT2D eigenvalue weighted by Crippen LogP contribution is -2.53. The number of sulfone groups is 2. The van der Waals surface area contributed by atoms with Crippen LogP contribution in [0.5, 0.6) is 0 Å². The van der Waals surface area contributed by atoms with Crippen molar-refractivity contribution in [1.29, 1.82) is 0 Å². The van der Waals surface area contributed by atoms with Crippen molar-refractivity contribution in [2.45, 2.75) is 78.6 Å². The number of halogens is 1. The van der Waals surface area contributed by atoms with E-state index in [0.717, 1.165) is 28.7 Å². The van der Waals surface area contributed by atoms with Crippen molar-refractivity contribution in [3.05, 3.63) is 131 Å². The molecule has 2 aliphatic carbocycles. The summed E-state index contributed by atoms with van der Waals surface area (Å²) < 4.78 is 73.5. The predicted molar refractivity (Wildman–Crippen MR) is 178 cm³/mol. The van der Waals surface area contributed by atoms with Gasteiger partial charge < -0.3 is 0 Å². The molecule has 5 nitrogen and oxygen atoms in total. The molecule has 2 fully saturated rings. The van der Waals surface area contributed by atoms with E-state index < -0.39 is 59.7 Å². The molecule has 0 aliphatic heterocycles. The lowest BCUT2D eigenvalue weighted by molar-refractivity contribution is -0.128. The van der Waals surface area contributed by atoms with E-state index in [1.54, 1.807) is 66.7 Å².